The normalized spacial score (nSPS) is 18.3. The first-order valence-electron chi connectivity index (χ1n) is 12.9. The Morgan fingerprint density at radius 1 is 0.974 bits per heavy atom. The summed E-state index contributed by atoms with van der Waals surface area (Å²) in [6.45, 7) is 1.89. The van der Waals surface area contributed by atoms with Crippen LogP contribution in [-0.4, -0.2) is 72.7 Å². The van der Waals surface area contributed by atoms with Gasteiger partial charge in [0.2, 0.25) is 5.95 Å². The Labute approximate surface area is 221 Å². The molecule has 2 aliphatic heterocycles. The molecule has 0 saturated carbocycles. The molecule has 0 bridgehead atoms. The molecule has 2 fully saturated rings. The van der Waals surface area contributed by atoms with Gasteiger partial charge in [-0.25, -0.2) is 33.1 Å². The van der Waals surface area contributed by atoms with Crippen molar-refractivity contribution in [2.75, 3.05) is 31.1 Å². The maximum Gasteiger partial charge on any atom is 0.254 e. The Hall–Kier alpha value is -4.06. The number of halogens is 3. The first kappa shape index (κ1) is 25.2. The van der Waals surface area contributed by atoms with E-state index in [2.05, 4.69) is 19.9 Å². The lowest BCUT2D eigenvalue weighted by Gasteiger charge is -2.32. The maximum atomic E-state index is 15.2. The Morgan fingerprint density at radius 2 is 1.74 bits per heavy atom. The fourth-order valence-corrected chi connectivity index (χ4v) is 5.44. The van der Waals surface area contributed by atoms with Crippen molar-refractivity contribution in [3.63, 3.8) is 0 Å². The number of fused-ring (bicyclic) bond motifs is 1. The van der Waals surface area contributed by atoms with Crippen LogP contribution in [0.4, 0.5) is 19.1 Å². The molecule has 1 N–H and O–H groups in total. The van der Waals surface area contributed by atoms with Crippen molar-refractivity contribution in [1.82, 2.24) is 29.4 Å². The number of rotatable bonds is 5. The minimum absolute atomic E-state index is 0.0254. The van der Waals surface area contributed by atoms with Gasteiger partial charge in [-0.15, -0.1) is 0 Å². The van der Waals surface area contributed by atoms with Crippen LogP contribution in [0.1, 0.15) is 46.9 Å². The molecule has 2 saturated heterocycles. The zero-order valence-corrected chi connectivity index (χ0v) is 21.0. The molecule has 1 aromatic carbocycles. The largest absolute Gasteiger partial charge is 0.391 e. The van der Waals surface area contributed by atoms with E-state index in [-0.39, 0.29) is 41.4 Å². The Morgan fingerprint density at radius 3 is 2.44 bits per heavy atom. The zero-order valence-electron chi connectivity index (χ0n) is 21.0. The third-order valence-electron chi connectivity index (χ3n) is 7.50. The lowest BCUT2D eigenvalue weighted by molar-refractivity contribution is 0.0764. The molecule has 202 valence electrons. The third-order valence-corrected chi connectivity index (χ3v) is 7.50. The molecular weight excluding hydrogens is 511 g/mol. The van der Waals surface area contributed by atoms with Gasteiger partial charge in [0.05, 0.1) is 29.6 Å². The zero-order chi connectivity index (χ0) is 27.1. The molecule has 0 spiro atoms. The fraction of sp³-hybridized carbons (Fsp3) is 0.370. The van der Waals surface area contributed by atoms with Gasteiger partial charge in [0.25, 0.3) is 5.91 Å². The van der Waals surface area contributed by atoms with Crippen LogP contribution in [0.2, 0.25) is 0 Å². The molecule has 12 heteroatoms. The van der Waals surface area contributed by atoms with E-state index in [1.54, 1.807) is 10.6 Å². The number of likely N-dealkylation sites (tertiary alicyclic amines) is 1. The topological polar surface area (TPSA) is 100 Å². The van der Waals surface area contributed by atoms with Gasteiger partial charge < -0.3 is 19.5 Å². The number of nitrogens with zero attached hydrogens (tertiary/aromatic N) is 7. The first-order chi connectivity index (χ1) is 18.9. The summed E-state index contributed by atoms with van der Waals surface area (Å²) in [6.07, 6.45) is 6.37. The molecule has 0 radical (unpaired) electrons. The first-order valence-corrected chi connectivity index (χ1v) is 12.9. The molecule has 4 aromatic rings. The number of piperidine rings is 1. The van der Waals surface area contributed by atoms with Crippen LogP contribution >= 0.6 is 0 Å². The van der Waals surface area contributed by atoms with Gasteiger partial charge in [0.15, 0.2) is 11.6 Å². The van der Waals surface area contributed by atoms with Gasteiger partial charge in [-0.2, -0.15) is 0 Å². The Kier molecular flexibility index (Phi) is 6.63. The van der Waals surface area contributed by atoms with Crippen LogP contribution in [0, 0.1) is 17.5 Å². The lowest BCUT2D eigenvalue weighted by Crippen LogP contribution is -2.35. The van der Waals surface area contributed by atoms with Crippen molar-refractivity contribution >= 4 is 22.9 Å². The summed E-state index contributed by atoms with van der Waals surface area (Å²) in [6, 6.07) is 4.22. The molecule has 2 aliphatic rings. The molecule has 3 aromatic heterocycles. The molecule has 6 rings (SSSR count). The lowest BCUT2D eigenvalue weighted by atomic mass is 10.0. The average Bonchev–Trinajstić information content (AvgIpc) is 3.53. The molecule has 5 heterocycles. The number of aliphatic hydroxyl groups is 1. The minimum Gasteiger partial charge on any atom is -0.391 e. The predicted molar refractivity (Wildman–Crippen MR) is 136 cm³/mol. The molecular formula is C27H26F3N7O2. The quantitative estimate of drug-likeness (QED) is 0.417. The molecule has 0 unspecified atom stereocenters. The van der Waals surface area contributed by atoms with E-state index in [0.717, 1.165) is 12.4 Å². The molecule has 1 amide bonds. The number of hydrogen-bond donors (Lipinski definition) is 1. The van der Waals surface area contributed by atoms with E-state index in [0.29, 0.717) is 56.2 Å². The number of aromatic nitrogens is 5. The fourth-order valence-electron chi connectivity index (χ4n) is 5.44. The van der Waals surface area contributed by atoms with Gasteiger partial charge in [0.1, 0.15) is 17.8 Å². The Bertz CT molecular complexity index is 1520. The summed E-state index contributed by atoms with van der Waals surface area (Å²) in [4.78, 5) is 32.8. The van der Waals surface area contributed by atoms with Gasteiger partial charge >= 0.3 is 0 Å². The number of amides is 1. The van der Waals surface area contributed by atoms with E-state index >= 15 is 8.78 Å². The second-order valence-corrected chi connectivity index (χ2v) is 10.00. The van der Waals surface area contributed by atoms with Crippen molar-refractivity contribution in [2.45, 2.75) is 37.8 Å². The third kappa shape index (κ3) is 4.91. The molecule has 9 nitrogen and oxygen atoms in total. The van der Waals surface area contributed by atoms with E-state index in [1.165, 1.54) is 29.6 Å². The van der Waals surface area contributed by atoms with Gasteiger partial charge in [-0.05, 0) is 37.0 Å². The second kappa shape index (κ2) is 10.3. The monoisotopic (exact) mass is 537 g/mol. The summed E-state index contributed by atoms with van der Waals surface area (Å²) in [5, 5.41) is 9.93. The highest BCUT2D eigenvalue weighted by Gasteiger charge is 2.27. The highest BCUT2D eigenvalue weighted by Crippen LogP contribution is 2.31. The standard InChI is InChI=1S/C27H26F3N7O2/c28-18-11-31-27(32-12-18)35-6-3-19(4-7-35)37-14-22(30)24-23(33-15-34-25(24)37)10-16-1-2-17(9-21(16)29)26(39)36-8-5-20(38)13-36/h1-2,9,11-12,14-15,19-20,38H,3-8,10,13H2/t20-/m1/s1. The van der Waals surface area contributed by atoms with Crippen LogP contribution in [0.15, 0.2) is 43.1 Å². The van der Waals surface area contributed by atoms with E-state index in [9.17, 15) is 14.3 Å². The predicted octanol–water partition coefficient (Wildman–Crippen LogP) is 3.28. The molecule has 0 aliphatic carbocycles. The summed E-state index contributed by atoms with van der Waals surface area (Å²) in [5.74, 6) is -1.44. The van der Waals surface area contributed by atoms with Crippen LogP contribution < -0.4 is 4.90 Å². The summed E-state index contributed by atoms with van der Waals surface area (Å²) in [5.41, 5.74) is 1.28. The average molecular weight is 538 g/mol. The van der Waals surface area contributed by atoms with Crippen LogP contribution in [0.25, 0.3) is 11.0 Å². The van der Waals surface area contributed by atoms with Crippen molar-refractivity contribution in [3.05, 3.63) is 77.4 Å². The summed E-state index contributed by atoms with van der Waals surface area (Å²) < 4.78 is 45.3. The van der Waals surface area contributed by atoms with Crippen LogP contribution in [0.5, 0.6) is 0 Å². The second-order valence-electron chi connectivity index (χ2n) is 10.00. The van der Waals surface area contributed by atoms with Crippen molar-refractivity contribution in [3.8, 4) is 0 Å². The smallest absolute Gasteiger partial charge is 0.254 e. The number of carbonyl (C=O) groups is 1. The summed E-state index contributed by atoms with van der Waals surface area (Å²) >= 11 is 0. The highest BCUT2D eigenvalue weighted by molar-refractivity contribution is 5.94. The number of carbonyl (C=O) groups excluding carboxylic acids is 1. The van der Waals surface area contributed by atoms with E-state index < -0.39 is 23.6 Å². The van der Waals surface area contributed by atoms with Crippen LogP contribution in [0.3, 0.4) is 0 Å². The van der Waals surface area contributed by atoms with E-state index in [1.807, 2.05) is 4.90 Å². The number of aliphatic hydroxyl groups excluding tert-OH is 1. The number of anilines is 1. The van der Waals surface area contributed by atoms with Crippen molar-refractivity contribution in [1.29, 1.82) is 0 Å². The molecule has 1 atom stereocenters. The minimum atomic E-state index is -0.581. The maximum absolute atomic E-state index is 15.2. The number of hydrogen-bond acceptors (Lipinski definition) is 7. The summed E-state index contributed by atoms with van der Waals surface area (Å²) in [7, 11) is 0. The number of benzene rings is 1. The SMILES string of the molecule is O=C(c1ccc(Cc2ncnc3c2c(F)cn3C2CCN(c3ncc(F)cn3)CC2)c(F)c1)N1CC[C@@H](O)C1. The van der Waals surface area contributed by atoms with Gasteiger partial charge in [-0.1, -0.05) is 6.07 Å². The van der Waals surface area contributed by atoms with Crippen LogP contribution in [-0.2, 0) is 6.42 Å². The van der Waals surface area contributed by atoms with Crippen molar-refractivity contribution in [2.24, 2.45) is 0 Å². The Balaban J connectivity index is 1.20. The van der Waals surface area contributed by atoms with Gasteiger partial charge in [0, 0.05) is 50.4 Å². The number of β-amino-alcohol motifs (C(OH)–C–C–N with tert-alkyl or cyclic N) is 1. The molecule has 39 heavy (non-hydrogen) atoms. The van der Waals surface area contributed by atoms with Gasteiger partial charge in [-0.3, -0.25) is 4.79 Å². The van der Waals surface area contributed by atoms with E-state index in [4.69, 9.17) is 0 Å². The highest BCUT2D eigenvalue weighted by atomic mass is 19.1. The van der Waals surface area contributed by atoms with Crippen molar-refractivity contribution < 1.29 is 23.1 Å².